The molecule has 1 unspecified atom stereocenters. The van der Waals surface area contributed by atoms with Crippen LogP contribution in [-0.4, -0.2) is 6.54 Å². The van der Waals surface area contributed by atoms with Crippen LogP contribution >= 0.6 is 0 Å². The molecule has 0 bridgehead atoms. The molecule has 0 aliphatic carbocycles. The molecule has 0 aromatic heterocycles. The van der Waals surface area contributed by atoms with Gasteiger partial charge in [0.25, 0.3) is 0 Å². The summed E-state index contributed by atoms with van der Waals surface area (Å²) in [6.07, 6.45) is 1.12. The van der Waals surface area contributed by atoms with Gasteiger partial charge in [-0.05, 0) is 42.2 Å². The molecule has 1 atom stereocenters. The Kier molecular flexibility index (Phi) is 4.24. The van der Waals surface area contributed by atoms with E-state index in [4.69, 9.17) is 5.73 Å². The molecule has 0 amide bonds. The third kappa shape index (κ3) is 3.52. The molecule has 0 heterocycles. The Morgan fingerprint density at radius 1 is 1.00 bits per heavy atom. The number of hydrogen-bond donors (Lipinski definition) is 2. The van der Waals surface area contributed by atoms with Crippen molar-refractivity contribution in [3.05, 3.63) is 60.2 Å². The summed E-state index contributed by atoms with van der Waals surface area (Å²) in [7, 11) is 0. The number of hydrogen-bond acceptors (Lipinski definition) is 2. The lowest BCUT2D eigenvalue weighted by Gasteiger charge is -2.13. The van der Waals surface area contributed by atoms with Gasteiger partial charge >= 0.3 is 0 Å². The highest BCUT2D eigenvalue weighted by Crippen LogP contribution is 2.18. The minimum absolute atomic E-state index is 0.576. The minimum Gasteiger partial charge on any atom is -0.399 e. The molecule has 18 heavy (non-hydrogen) atoms. The zero-order valence-electron chi connectivity index (χ0n) is 10.8. The van der Waals surface area contributed by atoms with E-state index >= 15 is 0 Å². The number of anilines is 2. The van der Waals surface area contributed by atoms with Crippen LogP contribution in [0.5, 0.6) is 0 Å². The largest absolute Gasteiger partial charge is 0.399 e. The summed E-state index contributed by atoms with van der Waals surface area (Å²) in [6, 6.07) is 18.5. The summed E-state index contributed by atoms with van der Waals surface area (Å²) in [6.45, 7) is 3.24. The van der Waals surface area contributed by atoms with E-state index in [0.29, 0.717) is 5.92 Å². The monoisotopic (exact) mass is 240 g/mol. The molecule has 0 fully saturated rings. The lowest BCUT2D eigenvalue weighted by molar-refractivity contribution is 0.706. The smallest absolute Gasteiger partial charge is 0.0341 e. The van der Waals surface area contributed by atoms with Crippen LogP contribution in [0.3, 0.4) is 0 Å². The topological polar surface area (TPSA) is 38.0 Å². The van der Waals surface area contributed by atoms with Crippen molar-refractivity contribution in [2.45, 2.75) is 19.3 Å². The van der Waals surface area contributed by atoms with E-state index in [-0.39, 0.29) is 0 Å². The van der Waals surface area contributed by atoms with Gasteiger partial charge in [0.05, 0.1) is 0 Å². The van der Waals surface area contributed by atoms with Crippen LogP contribution in [0.15, 0.2) is 54.6 Å². The molecule has 0 radical (unpaired) electrons. The second kappa shape index (κ2) is 6.10. The minimum atomic E-state index is 0.576. The van der Waals surface area contributed by atoms with Crippen LogP contribution in [0, 0.1) is 0 Å². The van der Waals surface area contributed by atoms with E-state index in [9.17, 15) is 0 Å². The first kappa shape index (κ1) is 12.5. The second-order valence-electron chi connectivity index (χ2n) is 4.65. The Bertz CT molecular complexity index is 462. The second-order valence-corrected chi connectivity index (χ2v) is 4.65. The quantitative estimate of drug-likeness (QED) is 0.778. The van der Waals surface area contributed by atoms with Crippen molar-refractivity contribution in [3.8, 4) is 0 Å². The maximum absolute atomic E-state index is 5.65. The highest BCUT2D eigenvalue weighted by atomic mass is 14.9. The van der Waals surface area contributed by atoms with E-state index in [1.807, 2.05) is 24.3 Å². The van der Waals surface area contributed by atoms with Gasteiger partial charge in [-0.2, -0.15) is 0 Å². The third-order valence-electron chi connectivity index (χ3n) is 3.19. The summed E-state index contributed by atoms with van der Waals surface area (Å²) < 4.78 is 0. The van der Waals surface area contributed by atoms with Gasteiger partial charge in [-0.3, -0.25) is 0 Å². The van der Waals surface area contributed by atoms with Crippen LogP contribution in [0.25, 0.3) is 0 Å². The first-order valence-corrected chi connectivity index (χ1v) is 6.40. The van der Waals surface area contributed by atoms with Gasteiger partial charge in [0, 0.05) is 17.9 Å². The molecule has 3 N–H and O–H groups in total. The lowest BCUT2D eigenvalue weighted by atomic mass is 9.98. The first-order valence-electron chi connectivity index (χ1n) is 6.40. The molecule has 0 aliphatic rings. The van der Waals surface area contributed by atoms with Gasteiger partial charge in [-0.25, -0.2) is 0 Å². The maximum Gasteiger partial charge on any atom is 0.0341 e. The number of nitrogen functional groups attached to an aromatic ring is 1. The van der Waals surface area contributed by atoms with Gasteiger partial charge in [-0.15, -0.1) is 0 Å². The summed E-state index contributed by atoms with van der Waals surface area (Å²) in [5.74, 6) is 0.576. The average molecular weight is 240 g/mol. The summed E-state index contributed by atoms with van der Waals surface area (Å²) >= 11 is 0. The fraction of sp³-hybridized carbons (Fsp3) is 0.250. The maximum atomic E-state index is 5.65. The third-order valence-corrected chi connectivity index (χ3v) is 3.19. The van der Waals surface area contributed by atoms with Crippen LogP contribution in [-0.2, 0) is 0 Å². The summed E-state index contributed by atoms with van der Waals surface area (Å²) in [5, 5.41) is 3.42. The van der Waals surface area contributed by atoms with Crippen molar-refractivity contribution in [2.75, 3.05) is 17.6 Å². The average Bonchev–Trinajstić information content (AvgIpc) is 2.42. The molecule has 2 aromatic carbocycles. The van der Waals surface area contributed by atoms with Crippen LogP contribution in [0.2, 0.25) is 0 Å². The molecule has 2 rings (SSSR count). The van der Waals surface area contributed by atoms with Crippen LogP contribution in [0.4, 0.5) is 11.4 Å². The molecule has 0 saturated carbocycles. The molecule has 94 valence electrons. The van der Waals surface area contributed by atoms with E-state index < -0.39 is 0 Å². The molecule has 0 aliphatic heterocycles. The highest BCUT2D eigenvalue weighted by Gasteiger charge is 2.03. The molecular weight excluding hydrogens is 220 g/mol. The summed E-state index contributed by atoms with van der Waals surface area (Å²) in [4.78, 5) is 0. The first-order chi connectivity index (χ1) is 8.75. The normalized spacial score (nSPS) is 12.1. The van der Waals surface area contributed by atoms with Crippen molar-refractivity contribution in [1.82, 2.24) is 0 Å². The predicted molar refractivity (Wildman–Crippen MR) is 78.8 cm³/mol. The number of nitrogens with two attached hydrogens (primary N) is 1. The molecule has 0 saturated heterocycles. The van der Waals surface area contributed by atoms with Crippen LogP contribution < -0.4 is 11.1 Å². The standard InChI is InChI=1S/C16H20N2/c1-13(14-5-3-2-4-6-14)11-12-18-16-9-7-15(17)8-10-16/h2-10,13,18H,11-12,17H2,1H3. The van der Waals surface area contributed by atoms with E-state index in [1.165, 1.54) is 5.56 Å². The van der Waals surface area contributed by atoms with Crippen molar-refractivity contribution in [1.29, 1.82) is 0 Å². The lowest BCUT2D eigenvalue weighted by Crippen LogP contribution is -2.05. The summed E-state index contributed by atoms with van der Waals surface area (Å²) in [5.41, 5.74) is 8.98. The molecular formula is C16H20N2. The van der Waals surface area contributed by atoms with Gasteiger partial charge < -0.3 is 11.1 Å². The fourth-order valence-corrected chi connectivity index (χ4v) is 1.98. The molecule has 2 aromatic rings. The van der Waals surface area contributed by atoms with Crippen molar-refractivity contribution in [3.63, 3.8) is 0 Å². The Balaban J connectivity index is 1.80. The van der Waals surface area contributed by atoms with Crippen LogP contribution in [0.1, 0.15) is 24.8 Å². The van der Waals surface area contributed by atoms with E-state index in [2.05, 4.69) is 42.6 Å². The number of nitrogens with one attached hydrogen (secondary N) is 1. The Morgan fingerprint density at radius 3 is 2.33 bits per heavy atom. The fourth-order valence-electron chi connectivity index (χ4n) is 1.98. The van der Waals surface area contributed by atoms with Gasteiger partial charge in [0.1, 0.15) is 0 Å². The number of benzene rings is 2. The Hall–Kier alpha value is -1.96. The van der Waals surface area contributed by atoms with Gasteiger partial charge in [-0.1, -0.05) is 37.3 Å². The Morgan fingerprint density at radius 2 is 1.67 bits per heavy atom. The zero-order chi connectivity index (χ0) is 12.8. The highest BCUT2D eigenvalue weighted by molar-refractivity contribution is 5.51. The van der Waals surface area contributed by atoms with E-state index in [1.54, 1.807) is 0 Å². The molecule has 2 nitrogen and oxygen atoms in total. The SMILES string of the molecule is CC(CCNc1ccc(N)cc1)c1ccccc1. The van der Waals surface area contributed by atoms with Crippen molar-refractivity contribution in [2.24, 2.45) is 0 Å². The van der Waals surface area contributed by atoms with Crippen molar-refractivity contribution >= 4 is 11.4 Å². The van der Waals surface area contributed by atoms with E-state index in [0.717, 1.165) is 24.3 Å². The van der Waals surface area contributed by atoms with Gasteiger partial charge in [0.15, 0.2) is 0 Å². The number of rotatable bonds is 5. The predicted octanol–water partition coefficient (Wildman–Crippen LogP) is 3.87. The Labute approximate surface area is 109 Å². The molecule has 2 heteroatoms. The molecule has 0 spiro atoms. The van der Waals surface area contributed by atoms with Crippen molar-refractivity contribution < 1.29 is 0 Å². The zero-order valence-corrected chi connectivity index (χ0v) is 10.8. The van der Waals surface area contributed by atoms with Gasteiger partial charge in [0.2, 0.25) is 0 Å².